The van der Waals surface area contributed by atoms with Crippen molar-refractivity contribution in [3.05, 3.63) is 34.9 Å². The van der Waals surface area contributed by atoms with Crippen molar-refractivity contribution >= 4 is 28.5 Å². The van der Waals surface area contributed by atoms with E-state index in [1.807, 2.05) is 19.1 Å². The van der Waals surface area contributed by atoms with Crippen LogP contribution < -0.4 is 0 Å². The first-order valence-electron chi connectivity index (χ1n) is 4.32. The summed E-state index contributed by atoms with van der Waals surface area (Å²) < 4.78 is 0. The van der Waals surface area contributed by atoms with Crippen LogP contribution in [0.1, 0.15) is 34.3 Å². The van der Waals surface area contributed by atoms with Gasteiger partial charge in [0.1, 0.15) is 12.6 Å². The molecular weight excluding hydrogens is 244 g/mol. The summed E-state index contributed by atoms with van der Waals surface area (Å²) in [4.78, 5) is 21.3. The molecule has 0 saturated carbocycles. The number of rotatable bonds is 4. The highest BCUT2D eigenvalue weighted by atomic mass is 79.9. The van der Waals surface area contributed by atoms with Crippen LogP contribution in [0.2, 0.25) is 0 Å². The van der Waals surface area contributed by atoms with E-state index in [1.165, 1.54) is 0 Å². The van der Waals surface area contributed by atoms with E-state index >= 15 is 0 Å². The van der Waals surface area contributed by atoms with Gasteiger partial charge in [0.15, 0.2) is 0 Å². The van der Waals surface area contributed by atoms with Crippen molar-refractivity contribution in [2.45, 2.75) is 18.2 Å². The molecule has 0 amide bonds. The number of aldehydes is 2. The van der Waals surface area contributed by atoms with Crippen LogP contribution in [0.4, 0.5) is 0 Å². The molecule has 0 aliphatic rings. The Balaban J connectivity index is 3.13. The zero-order valence-corrected chi connectivity index (χ0v) is 9.45. The van der Waals surface area contributed by atoms with Crippen LogP contribution in [0.3, 0.4) is 0 Å². The van der Waals surface area contributed by atoms with Gasteiger partial charge in [-0.15, -0.1) is 0 Å². The van der Waals surface area contributed by atoms with E-state index < -0.39 is 0 Å². The number of carbonyl (C=O) groups is 2. The molecule has 14 heavy (non-hydrogen) atoms. The standard InChI is InChI=1S/C11H11BrO2/c1-8(6-13)9-2-3-10(5-12)11(4-9)7-14/h2-4,6-8H,5H2,1H3. The van der Waals surface area contributed by atoms with Crippen molar-refractivity contribution in [2.75, 3.05) is 0 Å². The summed E-state index contributed by atoms with van der Waals surface area (Å²) in [6, 6.07) is 5.51. The van der Waals surface area contributed by atoms with Crippen LogP contribution >= 0.6 is 15.9 Å². The van der Waals surface area contributed by atoms with E-state index in [0.29, 0.717) is 10.9 Å². The summed E-state index contributed by atoms with van der Waals surface area (Å²) in [7, 11) is 0. The number of carbonyl (C=O) groups excluding carboxylic acids is 2. The predicted octanol–water partition coefficient (Wildman–Crippen LogP) is 2.70. The topological polar surface area (TPSA) is 34.1 Å². The molecular formula is C11H11BrO2. The number of hydrogen-bond acceptors (Lipinski definition) is 2. The molecule has 1 rings (SSSR count). The monoisotopic (exact) mass is 254 g/mol. The average Bonchev–Trinajstić information content (AvgIpc) is 2.26. The normalized spacial score (nSPS) is 12.1. The van der Waals surface area contributed by atoms with Crippen LogP contribution in [0.5, 0.6) is 0 Å². The van der Waals surface area contributed by atoms with Gasteiger partial charge in [-0.2, -0.15) is 0 Å². The number of halogens is 1. The quantitative estimate of drug-likeness (QED) is 0.612. The largest absolute Gasteiger partial charge is 0.303 e. The summed E-state index contributed by atoms with van der Waals surface area (Å²) in [6.45, 7) is 1.81. The smallest absolute Gasteiger partial charge is 0.150 e. The lowest BCUT2D eigenvalue weighted by atomic mass is 9.98. The van der Waals surface area contributed by atoms with E-state index in [9.17, 15) is 9.59 Å². The SMILES string of the molecule is CC(C=O)c1ccc(CBr)c(C=O)c1. The summed E-state index contributed by atoms with van der Waals surface area (Å²) >= 11 is 3.30. The van der Waals surface area contributed by atoms with Gasteiger partial charge in [0, 0.05) is 16.8 Å². The maximum Gasteiger partial charge on any atom is 0.150 e. The Morgan fingerprint density at radius 2 is 2.14 bits per heavy atom. The minimum atomic E-state index is -0.155. The lowest BCUT2D eigenvalue weighted by molar-refractivity contribution is -0.108. The van der Waals surface area contributed by atoms with Gasteiger partial charge in [-0.1, -0.05) is 35.0 Å². The highest BCUT2D eigenvalue weighted by Crippen LogP contribution is 2.18. The molecule has 0 aromatic heterocycles. The highest BCUT2D eigenvalue weighted by molar-refractivity contribution is 9.08. The van der Waals surface area contributed by atoms with Crippen LogP contribution in [0.25, 0.3) is 0 Å². The van der Waals surface area contributed by atoms with Crippen molar-refractivity contribution in [3.8, 4) is 0 Å². The van der Waals surface area contributed by atoms with Crippen molar-refractivity contribution in [1.82, 2.24) is 0 Å². The third kappa shape index (κ3) is 2.29. The van der Waals surface area contributed by atoms with E-state index in [2.05, 4.69) is 15.9 Å². The first kappa shape index (κ1) is 11.1. The van der Waals surface area contributed by atoms with Gasteiger partial charge in [0.25, 0.3) is 0 Å². The molecule has 1 atom stereocenters. The highest BCUT2D eigenvalue weighted by Gasteiger charge is 2.07. The first-order valence-corrected chi connectivity index (χ1v) is 5.44. The van der Waals surface area contributed by atoms with Gasteiger partial charge >= 0.3 is 0 Å². The minimum absolute atomic E-state index is 0.155. The molecule has 0 heterocycles. The molecule has 0 radical (unpaired) electrons. The second-order valence-corrected chi connectivity index (χ2v) is 3.70. The van der Waals surface area contributed by atoms with Gasteiger partial charge < -0.3 is 4.79 Å². The van der Waals surface area contributed by atoms with Gasteiger partial charge in [-0.05, 0) is 17.2 Å². The lowest BCUT2D eigenvalue weighted by Crippen LogP contribution is -1.98. The molecule has 74 valence electrons. The molecule has 1 unspecified atom stereocenters. The first-order chi connectivity index (χ1) is 6.72. The lowest BCUT2D eigenvalue weighted by Gasteiger charge is -2.07. The van der Waals surface area contributed by atoms with Crippen LogP contribution in [0, 0.1) is 0 Å². The van der Waals surface area contributed by atoms with Crippen molar-refractivity contribution < 1.29 is 9.59 Å². The molecule has 0 bridgehead atoms. The van der Waals surface area contributed by atoms with Crippen LogP contribution in [-0.4, -0.2) is 12.6 Å². The molecule has 0 spiro atoms. The average molecular weight is 255 g/mol. The Bertz CT molecular complexity index is 347. The van der Waals surface area contributed by atoms with Gasteiger partial charge in [-0.25, -0.2) is 0 Å². The van der Waals surface area contributed by atoms with Crippen molar-refractivity contribution in [3.63, 3.8) is 0 Å². The zero-order valence-electron chi connectivity index (χ0n) is 7.87. The fourth-order valence-corrected chi connectivity index (χ4v) is 1.72. The third-order valence-corrected chi connectivity index (χ3v) is 2.77. The predicted molar refractivity (Wildman–Crippen MR) is 58.9 cm³/mol. The van der Waals surface area contributed by atoms with Crippen molar-refractivity contribution in [2.24, 2.45) is 0 Å². The maximum absolute atomic E-state index is 10.7. The fraction of sp³-hybridized carbons (Fsp3) is 0.273. The van der Waals surface area contributed by atoms with Crippen LogP contribution in [-0.2, 0) is 10.1 Å². The van der Waals surface area contributed by atoms with Crippen LogP contribution in [0.15, 0.2) is 18.2 Å². The van der Waals surface area contributed by atoms with Crippen molar-refractivity contribution in [1.29, 1.82) is 0 Å². The summed E-state index contributed by atoms with van der Waals surface area (Å²) in [5.74, 6) is -0.155. The number of hydrogen-bond donors (Lipinski definition) is 0. The third-order valence-electron chi connectivity index (χ3n) is 2.17. The summed E-state index contributed by atoms with van der Waals surface area (Å²) in [5, 5.41) is 0.650. The molecule has 0 N–H and O–H groups in total. The zero-order chi connectivity index (χ0) is 10.6. The molecule has 0 aliphatic carbocycles. The number of alkyl halides is 1. The van der Waals surface area contributed by atoms with Gasteiger partial charge in [0.05, 0.1) is 0 Å². The van der Waals surface area contributed by atoms with E-state index in [1.54, 1.807) is 6.07 Å². The second kappa shape index (κ2) is 5.05. The minimum Gasteiger partial charge on any atom is -0.303 e. The molecule has 0 saturated heterocycles. The molecule has 1 aromatic rings. The maximum atomic E-state index is 10.7. The van der Waals surface area contributed by atoms with Gasteiger partial charge in [-0.3, -0.25) is 4.79 Å². The number of benzene rings is 1. The summed E-state index contributed by atoms with van der Waals surface area (Å²) in [6.07, 6.45) is 1.69. The van der Waals surface area contributed by atoms with E-state index in [-0.39, 0.29) is 5.92 Å². The van der Waals surface area contributed by atoms with E-state index in [0.717, 1.165) is 23.7 Å². The van der Waals surface area contributed by atoms with E-state index in [4.69, 9.17) is 0 Å². The Labute approximate surface area is 91.4 Å². The molecule has 3 heteroatoms. The molecule has 0 fully saturated rings. The molecule has 1 aromatic carbocycles. The Kier molecular flexibility index (Phi) is 4.01. The Morgan fingerprint density at radius 1 is 1.43 bits per heavy atom. The fourth-order valence-electron chi connectivity index (χ4n) is 1.21. The second-order valence-electron chi connectivity index (χ2n) is 3.13. The summed E-state index contributed by atoms with van der Waals surface area (Å²) in [5.41, 5.74) is 2.47. The molecule has 0 aliphatic heterocycles. The van der Waals surface area contributed by atoms with Gasteiger partial charge in [0.2, 0.25) is 0 Å². The Morgan fingerprint density at radius 3 is 2.64 bits per heavy atom. The molecule has 2 nitrogen and oxygen atoms in total. The Hall–Kier alpha value is -0.960.